The zero-order chi connectivity index (χ0) is 17.1. The number of rotatable bonds is 4. The molecule has 1 saturated heterocycles. The Morgan fingerprint density at radius 1 is 1.29 bits per heavy atom. The molecule has 1 aliphatic rings. The fourth-order valence-corrected chi connectivity index (χ4v) is 3.18. The normalized spacial score (nSPS) is 15.5. The van der Waals surface area contributed by atoms with Crippen LogP contribution in [0.1, 0.15) is 45.0 Å². The molecule has 3 rings (SSSR count). The zero-order valence-electron chi connectivity index (χ0n) is 13.6. The molecule has 0 aliphatic carbocycles. The Kier molecular flexibility index (Phi) is 4.64. The molecule has 0 spiro atoms. The van der Waals surface area contributed by atoms with E-state index in [1.54, 1.807) is 30.0 Å². The first-order chi connectivity index (χ1) is 11.5. The number of amides is 1. The van der Waals surface area contributed by atoms with E-state index < -0.39 is 5.97 Å². The first-order valence-electron chi connectivity index (χ1n) is 8.08. The third-order valence-electron chi connectivity index (χ3n) is 4.50. The molecule has 1 aliphatic heterocycles. The Hall–Kier alpha value is -2.63. The van der Waals surface area contributed by atoms with Crippen molar-refractivity contribution in [3.8, 4) is 0 Å². The molecule has 1 aromatic carbocycles. The average molecular weight is 328 g/mol. The van der Waals surface area contributed by atoms with Gasteiger partial charge >= 0.3 is 5.97 Å². The summed E-state index contributed by atoms with van der Waals surface area (Å²) >= 11 is 0. The number of aryl methyl sites for hydroxylation is 1. The van der Waals surface area contributed by atoms with Gasteiger partial charge in [-0.05, 0) is 43.7 Å². The second kappa shape index (κ2) is 6.86. The number of carboxylic acids is 1. The molecule has 1 fully saturated rings. The lowest BCUT2D eigenvalue weighted by molar-refractivity contribution is 0.0648. The van der Waals surface area contributed by atoms with Crippen LogP contribution in [-0.4, -0.2) is 40.1 Å². The Morgan fingerprint density at radius 2 is 2.00 bits per heavy atom. The fraction of sp³-hybridized carbons (Fsp3) is 0.389. The predicted octanol–water partition coefficient (Wildman–Crippen LogP) is 2.78. The summed E-state index contributed by atoms with van der Waals surface area (Å²) in [6.07, 6.45) is 2.44. The van der Waals surface area contributed by atoms with Gasteiger partial charge in [0, 0.05) is 19.2 Å². The molecule has 0 bridgehead atoms. The second-order valence-corrected chi connectivity index (χ2v) is 6.23. The van der Waals surface area contributed by atoms with Gasteiger partial charge in [-0.2, -0.15) is 0 Å². The minimum atomic E-state index is -0.890. The summed E-state index contributed by atoms with van der Waals surface area (Å²) in [5.74, 6) is -0.355. The quantitative estimate of drug-likeness (QED) is 0.933. The van der Waals surface area contributed by atoms with Crippen LogP contribution < -0.4 is 0 Å². The Labute approximate surface area is 140 Å². The van der Waals surface area contributed by atoms with Crippen molar-refractivity contribution in [1.82, 2.24) is 10.1 Å². The van der Waals surface area contributed by atoms with Gasteiger partial charge in [-0.1, -0.05) is 23.4 Å². The van der Waals surface area contributed by atoms with Crippen LogP contribution in [0.15, 0.2) is 34.9 Å². The van der Waals surface area contributed by atoms with Gasteiger partial charge in [0.2, 0.25) is 5.76 Å². The van der Waals surface area contributed by atoms with Crippen LogP contribution >= 0.6 is 0 Å². The summed E-state index contributed by atoms with van der Waals surface area (Å²) in [6, 6.07) is 8.78. The lowest BCUT2D eigenvalue weighted by Gasteiger charge is -2.31. The number of carbonyl (C=O) groups is 2. The van der Waals surface area contributed by atoms with E-state index in [0.717, 1.165) is 24.8 Å². The SMILES string of the molecule is Cc1cc(C(=O)N2CCC(Cc3ccccc3C(=O)O)CC2)on1. The maximum Gasteiger partial charge on any atom is 0.335 e. The topological polar surface area (TPSA) is 83.6 Å². The van der Waals surface area contributed by atoms with Crippen LogP contribution in [0.5, 0.6) is 0 Å². The molecule has 0 atom stereocenters. The molecule has 0 radical (unpaired) electrons. The first kappa shape index (κ1) is 16.2. The van der Waals surface area contributed by atoms with Crippen molar-refractivity contribution in [2.45, 2.75) is 26.2 Å². The van der Waals surface area contributed by atoms with Crippen molar-refractivity contribution in [3.05, 3.63) is 52.9 Å². The predicted molar refractivity (Wildman–Crippen MR) is 87.0 cm³/mol. The number of likely N-dealkylation sites (tertiary alicyclic amines) is 1. The molecule has 1 amide bonds. The number of hydrogen-bond acceptors (Lipinski definition) is 4. The number of hydrogen-bond donors (Lipinski definition) is 1. The molecule has 126 valence electrons. The highest BCUT2D eigenvalue weighted by Gasteiger charge is 2.26. The molecule has 1 N–H and O–H groups in total. The number of aromatic nitrogens is 1. The van der Waals surface area contributed by atoms with Crippen molar-refractivity contribution < 1.29 is 19.2 Å². The van der Waals surface area contributed by atoms with Gasteiger partial charge in [0.15, 0.2) is 0 Å². The van der Waals surface area contributed by atoms with Crippen LogP contribution in [0.25, 0.3) is 0 Å². The summed E-state index contributed by atoms with van der Waals surface area (Å²) in [5, 5.41) is 13.0. The summed E-state index contributed by atoms with van der Waals surface area (Å²) in [6.45, 7) is 3.09. The summed E-state index contributed by atoms with van der Waals surface area (Å²) in [5.41, 5.74) is 1.92. The average Bonchev–Trinajstić information content (AvgIpc) is 3.02. The Bertz CT molecular complexity index is 745. The van der Waals surface area contributed by atoms with Gasteiger partial charge in [-0.3, -0.25) is 4.79 Å². The monoisotopic (exact) mass is 328 g/mol. The lowest BCUT2D eigenvalue weighted by Crippen LogP contribution is -2.38. The van der Waals surface area contributed by atoms with E-state index >= 15 is 0 Å². The van der Waals surface area contributed by atoms with Crippen molar-refractivity contribution in [3.63, 3.8) is 0 Å². The van der Waals surface area contributed by atoms with Crippen LogP contribution in [0.2, 0.25) is 0 Å². The summed E-state index contributed by atoms with van der Waals surface area (Å²) in [4.78, 5) is 25.4. The van der Waals surface area contributed by atoms with Gasteiger partial charge in [0.1, 0.15) is 0 Å². The summed E-state index contributed by atoms with van der Waals surface area (Å²) in [7, 11) is 0. The molecular formula is C18H20N2O4. The van der Waals surface area contributed by atoms with Crippen molar-refractivity contribution in [1.29, 1.82) is 0 Å². The first-order valence-corrected chi connectivity index (χ1v) is 8.08. The molecule has 1 aromatic heterocycles. The maximum absolute atomic E-state index is 12.3. The van der Waals surface area contributed by atoms with Crippen LogP contribution in [0.3, 0.4) is 0 Å². The highest BCUT2D eigenvalue weighted by atomic mass is 16.5. The van der Waals surface area contributed by atoms with Crippen molar-refractivity contribution in [2.75, 3.05) is 13.1 Å². The van der Waals surface area contributed by atoms with Crippen LogP contribution in [0.4, 0.5) is 0 Å². The van der Waals surface area contributed by atoms with Gasteiger partial charge in [-0.25, -0.2) is 4.79 Å². The second-order valence-electron chi connectivity index (χ2n) is 6.23. The number of carboxylic acid groups (broad SMARTS) is 1. The number of benzene rings is 1. The Morgan fingerprint density at radius 3 is 2.62 bits per heavy atom. The van der Waals surface area contributed by atoms with Crippen molar-refractivity contribution >= 4 is 11.9 Å². The van der Waals surface area contributed by atoms with E-state index in [1.165, 1.54) is 0 Å². The fourth-order valence-electron chi connectivity index (χ4n) is 3.18. The molecule has 2 aromatic rings. The van der Waals surface area contributed by atoms with Gasteiger partial charge < -0.3 is 14.5 Å². The smallest absolute Gasteiger partial charge is 0.335 e. The maximum atomic E-state index is 12.3. The Balaban J connectivity index is 1.60. The minimum absolute atomic E-state index is 0.125. The lowest BCUT2D eigenvalue weighted by atomic mass is 9.88. The zero-order valence-corrected chi connectivity index (χ0v) is 13.6. The highest BCUT2D eigenvalue weighted by Crippen LogP contribution is 2.24. The van der Waals surface area contributed by atoms with Gasteiger partial charge in [0.25, 0.3) is 5.91 Å². The molecule has 6 nitrogen and oxygen atoms in total. The minimum Gasteiger partial charge on any atom is -0.478 e. The molecular weight excluding hydrogens is 308 g/mol. The number of carbonyl (C=O) groups excluding carboxylic acids is 1. The molecule has 0 unspecified atom stereocenters. The van der Waals surface area contributed by atoms with Crippen LogP contribution in [0, 0.1) is 12.8 Å². The van der Waals surface area contributed by atoms with E-state index in [0.29, 0.717) is 30.3 Å². The third-order valence-corrected chi connectivity index (χ3v) is 4.50. The molecule has 24 heavy (non-hydrogen) atoms. The highest BCUT2D eigenvalue weighted by molar-refractivity contribution is 5.91. The largest absolute Gasteiger partial charge is 0.478 e. The number of nitrogens with zero attached hydrogens (tertiary/aromatic N) is 2. The van der Waals surface area contributed by atoms with Crippen LogP contribution in [-0.2, 0) is 6.42 Å². The van der Waals surface area contributed by atoms with Gasteiger partial charge in [0.05, 0.1) is 11.3 Å². The standard InChI is InChI=1S/C18H20N2O4/c1-12-10-16(24-19-12)17(21)20-8-6-13(7-9-20)11-14-4-2-3-5-15(14)18(22)23/h2-5,10,13H,6-9,11H2,1H3,(H,22,23). The van der Waals surface area contributed by atoms with E-state index in [2.05, 4.69) is 5.16 Å². The molecule has 6 heteroatoms. The molecule has 2 heterocycles. The number of aromatic carboxylic acids is 1. The van der Waals surface area contributed by atoms with Gasteiger partial charge in [-0.15, -0.1) is 0 Å². The van der Waals surface area contributed by atoms with E-state index in [9.17, 15) is 14.7 Å². The van der Waals surface area contributed by atoms with Crippen molar-refractivity contribution in [2.24, 2.45) is 5.92 Å². The summed E-state index contributed by atoms with van der Waals surface area (Å²) < 4.78 is 5.04. The van der Waals surface area contributed by atoms with E-state index in [1.807, 2.05) is 12.1 Å². The molecule has 0 saturated carbocycles. The van der Waals surface area contributed by atoms with E-state index in [-0.39, 0.29) is 11.7 Å². The van der Waals surface area contributed by atoms with E-state index in [4.69, 9.17) is 4.52 Å². The third kappa shape index (κ3) is 3.48. The number of piperidine rings is 1.